The van der Waals surface area contributed by atoms with E-state index in [9.17, 15) is 4.39 Å². The predicted octanol–water partition coefficient (Wildman–Crippen LogP) is 1.67. The first-order chi connectivity index (χ1) is 11.1. The van der Waals surface area contributed by atoms with Gasteiger partial charge >= 0.3 is 0 Å². The Morgan fingerprint density at radius 2 is 2.17 bits per heavy atom. The van der Waals surface area contributed by atoms with E-state index in [1.807, 2.05) is 0 Å². The second-order valence-electron chi connectivity index (χ2n) is 5.07. The van der Waals surface area contributed by atoms with E-state index in [1.165, 1.54) is 12.1 Å². The van der Waals surface area contributed by atoms with Gasteiger partial charge in [-0.05, 0) is 18.2 Å². The van der Waals surface area contributed by atoms with Gasteiger partial charge in [-0.1, -0.05) is 6.07 Å². The first-order valence-electron chi connectivity index (χ1n) is 7.14. The van der Waals surface area contributed by atoms with Crippen molar-refractivity contribution in [3.8, 4) is 0 Å². The number of aromatic nitrogens is 4. The molecule has 3 aromatic rings. The highest BCUT2D eigenvalue weighted by atomic mass is 19.1. The first-order valence-corrected chi connectivity index (χ1v) is 7.14. The van der Waals surface area contributed by atoms with Gasteiger partial charge in [-0.25, -0.2) is 4.39 Å². The van der Waals surface area contributed by atoms with Crippen LogP contribution < -0.4 is 10.2 Å². The van der Waals surface area contributed by atoms with Crippen molar-refractivity contribution in [3.63, 3.8) is 0 Å². The van der Waals surface area contributed by atoms with Gasteiger partial charge in [0, 0.05) is 26.3 Å². The quantitative estimate of drug-likeness (QED) is 0.745. The van der Waals surface area contributed by atoms with Crippen LogP contribution in [0.5, 0.6) is 0 Å². The summed E-state index contributed by atoms with van der Waals surface area (Å²) >= 11 is 0. The number of fused-ring (bicyclic) bond motifs is 1. The molecular formula is C15H17FN6O. The molecule has 2 heterocycles. The fraction of sp³-hybridized carbons (Fsp3) is 0.267. The summed E-state index contributed by atoms with van der Waals surface area (Å²) in [4.78, 5) is 10.7. The van der Waals surface area contributed by atoms with E-state index in [4.69, 9.17) is 5.11 Å². The summed E-state index contributed by atoms with van der Waals surface area (Å²) in [6.45, 7) is 0.352. The summed E-state index contributed by atoms with van der Waals surface area (Å²) in [6, 6.07) is 6.21. The van der Waals surface area contributed by atoms with E-state index in [1.54, 1.807) is 42.0 Å². The van der Waals surface area contributed by atoms with Crippen LogP contribution in [-0.2, 0) is 7.05 Å². The molecule has 0 saturated heterocycles. The van der Waals surface area contributed by atoms with Crippen molar-refractivity contribution in [1.82, 2.24) is 19.7 Å². The molecule has 1 aromatic carbocycles. The number of halogens is 1. The third kappa shape index (κ3) is 2.93. The van der Waals surface area contributed by atoms with Crippen LogP contribution >= 0.6 is 0 Å². The maximum atomic E-state index is 13.4. The highest BCUT2D eigenvalue weighted by molar-refractivity contribution is 5.87. The lowest BCUT2D eigenvalue weighted by Crippen LogP contribution is -2.16. The summed E-state index contributed by atoms with van der Waals surface area (Å²) in [7, 11) is 3.55. The van der Waals surface area contributed by atoms with Crippen molar-refractivity contribution in [3.05, 3.63) is 36.3 Å². The molecule has 0 aliphatic heterocycles. The van der Waals surface area contributed by atoms with E-state index in [2.05, 4.69) is 20.4 Å². The van der Waals surface area contributed by atoms with Crippen molar-refractivity contribution < 1.29 is 9.50 Å². The van der Waals surface area contributed by atoms with Crippen molar-refractivity contribution >= 4 is 28.5 Å². The van der Waals surface area contributed by atoms with Crippen LogP contribution in [0.15, 0.2) is 30.5 Å². The van der Waals surface area contributed by atoms with Crippen LogP contribution in [0.3, 0.4) is 0 Å². The number of aliphatic hydroxyl groups is 1. The van der Waals surface area contributed by atoms with Crippen LogP contribution in [0.2, 0.25) is 0 Å². The lowest BCUT2D eigenvalue weighted by atomic mass is 10.3. The molecule has 0 radical (unpaired) electrons. The summed E-state index contributed by atoms with van der Waals surface area (Å²) in [5.41, 5.74) is 1.29. The smallest absolute Gasteiger partial charge is 0.233 e. The molecule has 7 nitrogen and oxygen atoms in total. The van der Waals surface area contributed by atoms with Gasteiger partial charge < -0.3 is 15.3 Å². The largest absolute Gasteiger partial charge is 0.395 e. The first kappa shape index (κ1) is 15.2. The molecule has 120 valence electrons. The number of hydrogen-bond acceptors (Lipinski definition) is 6. The minimum Gasteiger partial charge on any atom is -0.395 e. The molecule has 2 aromatic heterocycles. The molecule has 0 atom stereocenters. The van der Waals surface area contributed by atoms with Crippen LogP contribution in [-0.4, -0.2) is 45.1 Å². The van der Waals surface area contributed by atoms with Crippen molar-refractivity contribution in [2.75, 3.05) is 30.4 Å². The molecule has 0 unspecified atom stereocenters. The van der Waals surface area contributed by atoms with Gasteiger partial charge in [0.25, 0.3) is 0 Å². The number of rotatable bonds is 5. The Labute approximate surface area is 132 Å². The van der Waals surface area contributed by atoms with E-state index < -0.39 is 0 Å². The number of aliphatic hydroxyl groups excluding tert-OH is 1. The predicted molar refractivity (Wildman–Crippen MR) is 86.3 cm³/mol. The lowest BCUT2D eigenvalue weighted by molar-refractivity contribution is 0.311. The van der Waals surface area contributed by atoms with Crippen LogP contribution in [0.1, 0.15) is 0 Å². The zero-order valence-corrected chi connectivity index (χ0v) is 12.9. The molecule has 23 heavy (non-hydrogen) atoms. The fourth-order valence-electron chi connectivity index (χ4n) is 2.27. The molecular weight excluding hydrogens is 299 g/mol. The average molecular weight is 316 g/mol. The van der Waals surface area contributed by atoms with E-state index in [0.717, 1.165) is 5.39 Å². The topological polar surface area (TPSA) is 79.1 Å². The zero-order chi connectivity index (χ0) is 16.4. The summed E-state index contributed by atoms with van der Waals surface area (Å²) in [6.07, 6.45) is 1.67. The molecule has 8 heteroatoms. The van der Waals surface area contributed by atoms with Gasteiger partial charge in [-0.15, -0.1) is 0 Å². The van der Waals surface area contributed by atoms with Gasteiger partial charge in [-0.3, -0.25) is 4.68 Å². The van der Waals surface area contributed by atoms with Gasteiger partial charge in [0.15, 0.2) is 5.65 Å². The van der Waals surface area contributed by atoms with Gasteiger partial charge in [0.2, 0.25) is 5.95 Å². The molecule has 2 N–H and O–H groups in total. The van der Waals surface area contributed by atoms with Gasteiger partial charge in [0.1, 0.15) is 11.6 Å². The molecule has 0 amide bonds. The number of aryl methyl sites for hydroxylation is 1. The average Bonchev–Trinajstić information content (AvgIpc) is 2.93. The Balaban J connectivity index is 2.07. The minimum absolute atomic E-state index is 0.0131. The highest BCUT2D eigenvalue weighted by Gasteiger charge is 2.15. The van der Waals surface area contributed by atoms with Gasteiger partial charge in [0.05, 0.1) is 18.2 Å². The Morgan fingerprint density at radius 1 is 1.35 bits per heavy atom. The minimum atomic E-state index is -0.324. The van der Waals surface area contributed by atoms with Crippen molar-refractivity contribution in [2.24, 2.45) is 7.05 Å². The second kappa shape index (κ2) is 6.17. The molecule has 0 aliphatic rings. The van der Waals surface area contributed by atoms with Gasteiger partial charge in [-0.2, -0.15) is 15.1 Å². The molecule has 0 aliphatic carbocycles. The molecule has 0 saturated carbocycles. The number of benzene rings is 1. The van der Waals surface area contributed by atoms with Crippen molar-refractivity contribution in [2.45, 2.75) is 0 Å². The maximum absolute atomic E-state index is 13.4. The zero-order valence-electron chi connectivity index (χ0n) is 12.9. The molecule has 0 bridgehead atoms. The highest BCUT2D eigenvalue weighted by Crippen LogP contribution is 2.26. The maximum Gasteiger partial charge on any atom is 0.233 e. The van der Waals surface area contributed by atoms with Crippen LogP contribution in [0.4, 0.5) is 21.8 Å². The third-order valence-corrected chi connectivity index (χ3v) is 3.48. The molecule has 0 spiro atoms. The number of anilines is 3. The fourth-order valence-corrected chi connectivity index (χ4v) is 2.27. The Kier molecular flexibility index (Phi) is 4.07. The van der Waals surface area contributed by atoms with E-state index in [-0.39, 0.29) is 12.4 Å². The molecule has 3 rings (SSSR count). The summed E-state index contributed by atoms with van der Waals surface area (Å²) in [5, 5.41) is 17.0. The SMILES string of the molecule is CN(c1cccc(F)c1)c1nc(NCCO)c2cnn(C)c2n1. The van der Waals surface area contributed by atoms with Crippen molar-refractivity contribution in [1.29, 1.82) is 0 Å². The Hall–Kier alpha value is -2.74. The van der Waals surface area contributed by atoms with Crippen LogP contribution in [0.25, 0.3) is 11.0 Å². The lowest BCUT2D eigenvalue weighted by Gasteiger charge is -2.18. The van der Waals surface area contributed by atoms with E-state index in [0.29, 0.717) is 29.6 Å². The summed E-state index contributed by atoms with van der Waals surface area (Å²) < 4.78 is 15.1. The Morgan fingerprint density at radius 3 is 2.91 bits per heavy atom. The second-order valence-corrected chi connectivity index (χ2v) is 5.07. The monoisotopic (exact) mass is 316 g/mol. The normalized spacial score (nSPS) is 11.0. The standard InChI is InChI=1S/C15H17FN6O/c1-21(11-5-3-4-10(16)8-11)15-19-13(17-6-7-23)12-9-18-22(2)14(12)20-15/h3-5,8-9,23H,6-7H2,1-2H3,(H,17,19,20). The molecule has 0 fully saturated rings. The summed E-state index contributed by atoms with van der Waals surface area (Å²) in [5.74, 6) is 0.664. The van der Waals surface area contributed by atoms with E-state index >= 15 is 0 Å². The Bertz CT molecular complexity index is 834. The number of nitrogens with one attached hydrogen (secondary N) is 1. The third-order valence-electron chi connectivity index (χ3n) is 3.48. The number of nitrogens with zero attached hydrogens (tertiary/aromatic N) is 5. The number of hydrogen-bond donors (Lipinski definition) is 2. The van der Waals surface area contributed by atoms with Crippen LogP contribution in [0, 0.1) is 5.82 Å².